The van der Waals surface area contributed by atoms with Crippen molar-refractivity contribution in [3.63, 3.8) is 0 Å². The average Bonchev–Trinajstić information content (AvgIpc) is 2.70. The van der Waals surface area contributed by atoms with Crippen molar-refractivity contribution >= 4 is 22.4 Å². The number of carbonyl (C=O) groups excluding carboxylic acids is 1. The average molecular weight is 346 g/mol. The van der Waals surface area contributed by atoms with Crippen LogP contribution in [0.3, 0.4) is 0 Å². The number of morpholine rings is 1. The fourth-order valence-electron chi connectivity index (χ4n) is 3.53. The third-order valence-corrected chi connectivity index (χ3v) is 4.82. The van der Waals surface area contributed by atoms with E-state index in [0.29, 0.717) is 13.2 Å². The van der Waals surface area contributed by atoms with Gasteiger partial charge in [-0.1, -0.05) is 66.7 Å². The highest BCUT2D eigenvalue weighted by molar-refractivity contribution is 6.04. The van der Waals surface area contributed by atoms with E-state index in [-0.39, 0.29) is 11.9 Å². The molecule has 0 aromatic heterocycles. The van der Waals surface area contributed by atoms with Gasteiger partial charge in [-0.25, -0.2) is 0 Å². The number of anilines is 1. The van der Waals surface area contributed by atoms with Gasteiger partial charge >= 0.3 is 0 Å². The van der Waals surface area contributed by atoms with Crippen molar-refractivity contribution in [3.8, 4) is 0 Å². The Kier molecular flexibility index (Phi) is 4.95. The summed E-state index contributed by atoms with van der Waals surface area (Å²) in [6.45, 7) is 2.82. The molecular weight excluding hydrogens is 324 g/mol. The minimum absolute atomic E-state index is 0.00514. The zero-order valence-corrected chi connectivity index (χ0v) is 14.6. The fourth-order valence-corrected chi connectivity index (χ4v) is 3.53. The lowest BCUT2D eigenvalue weighted by Crippen LogP contribution is -2.43. The first-order valence-electron chi connectivity index (χ1n) is 8.98. The lowest BCUT2D eigenvalue weighted by molar-refractivity contribution is -0.123. The van der Waals surface area contributed by atoms with Crippen molar-refractivity contribution in [2.24, 2.45) is 0 Å². The van der Waals surface area contributed by atoms with E-state index in [1.54, 1.807) is 0 Å². The first-order valence-corrected chi connectivity index (χ1v) is 8.98. The summed E-state index contributed by atoms with van der Waals surface area (Å²) in [5.74, 6) is -0.00514. The molecule has 1 saturated heterocycles. The minimum Gasteiger partial charge on any atom is -0.379 e. The SMILES string of the molecule is O=C(Nc1cccc2ccccc12)C(c1ccccc1)N1CCOCC1. The number of rotatable bonds is 4. The zero-order valence-electron chi connectivity index (χ0n) is 14.6. The van der Waals surface area contributed by atoms with Gasteiger partial charge in [-0.3, -0.25) is 9.69 Å². The largest absolute Gasteiger partial charge is 0.379 e. The first-order chi connectivity index (χ1) is 12.8. The summed E-state index contributed by atoms with van der Waals surface area (Å²) in [7, 11) is 0. The zero-order chi connectivity index (χ0) is 17.8. The van der Waals surface area contributed by atoms with Crippen LogP contribution in [0.15, 0.2) is 72.8 Å². The van der Waals surface area contributed by atoms with Crippen molar-refractivity contribution in [2.45, 2.75) is 6.04 Å². The molecule has 1 heterocycles. The molecule has 1 atom stereocenters. The number of amides is 1. The maximum absolute atomic E-state index is 13.3. The normalized spacial score (nSPS) is 16.3. The molecule has 1 aliphatic heterocycles. The highest BCUT2D eigenvalue weighted by Gasteiger charge is 2.29. The molecule has 3 aromatic carbocycles. The van der Waals surface area contributed by atoms with Gasteiger partial charge in [-0.15, -0.1) is 0 Å². The summed E-state index contributed by atoms with van der Waals surface area (Å²) in [5, 5.41) is 5.33. The maximum Gasteiger partial charge on any atom is 0.246 e. The summed E-state index contributed by atoms with van der Waals surface area (Å²) in [6.07, 6.45) is 0. The number of nitrogens with one attached hydrogen (secondary N) is 1. The summed E-state index contributed by atoms with van der Waals surface area (Å²) >= 11 is 0. The Bertz CT molecular complexity index is 884. The van der Waals surface area contributed by atoms with Crippen LogP contribution in [0.4, 0.5) is 5.69 Å². The number of benzene rings is 3. The molecule has 4 heteroatoms. The summed E-state index contributed by atoms with van der Waals surface area (Å²) in [6, 6.07) is 23.7. The summed E-state index contributed by atoms with van der Waals surface area (Å²) < 4.78 is 5.47. The number of fused-ring (bicyclic) bond motifs is 1. The third kappa shape index (κ3) is 3.47. The van der Waals surface area contributed by atoms with Gasteiger partial charge < -0.3 is 10.1 Å². The van der Waals surface area contributed by atoms with Gasteiger partial charge in [0, 0.05) is 24.2 Å². The van der Waals surface area contributed by atoms with Gasteiger partial charge in [0.15, 0.2) is 0 Å². The predicted octanol–water partition coefficient (Wildman–Crippen LogP) is 3.85. The van der Waals surface area contributed by atoms with Gasteiger partial charge in [0.25, 0.3) is 0 Å². The van der Waals surface area contributed by atoms with Crippen LogP contribution in [0.25, 0.3) is 10.8 Å². The van der Waals surface area contributed by atoms with E-state index in [1.807, 2.05) is 60.7 Å². The highest BCUT2D eigenvalue weighted by Crippen LogP contribution is 2.27. The first kappa shape index (κ1) is 16.8. The third-order valence-electron chi connectivity index (χ3n) is 4.82. The number of hydrogen-bond donors (Lipinski definition) is 1. The molecule has 1 amide bonds. The Morgan fingerprint density at radius 3 is 2.38 bits per heavy atom. The molecule has 1 N–H and O–H groups in total. The molecule has 3 aromatic rings. The van der Waals surface area contributed by atoms with Crippen molar-refractivity contribution < 1.29 is 9.53 Å². The lowest BCUT2D eigenvalue weighted by Gasteiger charge is -2.33. The summed E-state index contributed by atoms with van der Waals surface area (Å²) in [5.41, 5.74) is 1.86. The second kappa shape index (κ2) is 7.68. The van der Waals surface area contributed by atoms with Gasteiger partial charge in [0.2, 0.25) is 5.91 Å². The molecule has 0 aliphatic carbocycles. The number of carbonyl (C=O) groups is 1. The second-order valence-electron chi connectivity index (χ2n) is 6.48. The number of hydrogen-bond acceptors (Lipinski definition) is 3. The van der Waals surface area contributed by atoms with E-state index in [2.05, 4.69) is 22.3 Å². The van der Waals surface area contributed by atoms with Crippen LogP contribution in [0.2, 0.25) is 0 Å². The molecule has 1 aliphatic rings. The van der Waals surface area contributed by atoms with E-state index < -0.39 is 0 Å². The molecule has 4 nitrogen and oxygen atoms in total. The molecule has 0 bridgehead atoms. The van der Waals surface area contributed by atoms with Gasteiger partial charge in [0.05, 0.1) is 13.2 Å². The molecule has 26 heavy (non-hydrogen) atoms. The van der Waals surface area contributed by atoms with Gasteiger partial charge in [-0.05, 0) is 17.0 Å². The van der Waals surface area contributed by atoms with Crippen molar-refractivity contribution in [1.82, 2.24) is 4.90 Å². The Balaban J connectivity index is 1.65. The Morgan fingerprint density at radius 2 is 1.58 bits per heavy atom. The maximum atomic E-state index is 13.3. The van der Waals surface area contributed by atoms with E-state index in [1.165, 1.54) is 0 Å². The van der Waals surface area contributed by atoms with Crippen LogP contribution >= 0.6 is 0 Å². The molecule has 132 valence electrons. The van der Waals surface area contributed by atoms with Gasteiger partial charge in [0.1, 0.15) is 6.04 Å². The smallest absolute Gasteiger partial charge is 0.246 e. The topological polar surface area (TPSA) is 41.6 Å². The van der Waals surface area contributed by atoms with Gasteiger partial charge in [-0.2, -0.15) is 0 Å². The van der Waals surface area contributed by atoms with Crippen molar-refractivity contribution in [3.05, 3.63) is 78.4 Å². The second-order valence-corrected chi connectivity index (χ2v) is 6.48. The number of nitrogens with zero attached hydrogens (tertiary/aromatic N) is 1. The minimum atomic E-state index is -0.320. The van der Waals surface area contributed by atoms with Crippen LogP contribution in [-0.2, 0) is 9.53 Å². The highest BCUT2D eigenvalue weighted by atomic mass is 16.5. The van der Waals surface area contributed by atoms with Crippen molar-refractivity contribution in [1.29, 1.82) is 0 Å². The Labute approximate surface area is 153 Å². The Morgan fingerprint density at radius 1 is 0.885 bits per heavy atom. The van der Waals surface area contributed by atoms with Crippen LogP contribution in [0.1, 0.15) is 11.6 Å². The molecule has 1 unspecified atom stereocenters. The number of ether oxygens (including phenoxy) is 1. The fraction of sp³-hybridized carbons (Fsp3) is 0.227. The summed E-state index contributed by atoms with van der Waals surface area (Å²) in [4.78, 5) is 15.5. The Hall–Kier alpha value is -2.69. The van der Waals surface area contributed by atoms with Crippen molar-refractivity contribution in [2.75, 3.05) is 31.6 Å². The van der Waals surface area contributed by atoms with E-state index >= 15 is 0 Å². The lowest BCUT2D eigenvalue weighted by atomic mass is 10.0. The van der Waals surface area contributed by atoms with Crippen LogP contribution in [0, 0.1) is 0 Å². The molecule has 4 rings (SSSR count). The van der Waals surface area contributed by atoms with E-state index in [0.717, 1.165) is 35.1 Å². The quantitative estimate of drug-likeness (QED) is 0.780. The van der Waals surface area contributed by atoms with E-state index in [9.17, 15) is 4.79 Å². The van der Waals surface area contributed by atoms with Crippen LogP contribution in [0.5, 0.6) is 0 Å². The molecule has 0 saturated carbocycles. The van der Waals surface area contributed by atoms with Crippen LogP contribution < -0.4 is 5.32 Å². The monoisotopic (exact) mass is 346 g/mol. The molecule has 0 spiro atoms. The standard InChI is InChI=1S/C22H22N2O2/c25-22(23-20-12-6-10-17-7-4-5-11-19(17)20)21(18-8-2-1-3-9-18)24-13-15-26-16-14-24/h1-12,21H,13-16H2,(H,23,25). The molecule has 1 fully saturated rings. The molecular formula is C22H22N2O2. The molecule has 0 radical (unpaired) electrons. The van der Waals surface area contributed by atoms with E-state index in [4.69, 9.17) is 4.74 Å². The van der Waals surface area contributed by atoms with Crippen LogP contribution in [-0.4, -0.2) is 37.1 Å². The predicted molar refractivity (Wildman–Crippen MR) is 104 cm³/mol.